The van der Waals surface area contributed by atoms with Gasteiger partial charge in [-0.2, -0.15) is 5.10 Å². The number of aryl methyl sites for hydroxylation is 1. The summed E-state index contributed by atoms with van der Waals surface area (Å²) in [5, 5.41) is 5.48. The van der Waals surface area contributed by atoms with Crippen LogP contribution in [-0.4, -0.2) is 89.0 Å². The van der Waals surface area contributed by atoms with Crippen molar-refractivity contribution in [1.29, 1.82) is 0 Å². The standard InChI is InChI=1S/C44H56N6O5S/c1-7-47-20-21-48(28(4)25-47)44(52)39-29(5)45-50(34-14-11-15-34)41(39)33-22-32-23-35(55-6)17-19-36(32)42-40(30-12-9-8-10-13-30)37-18-16-31(24-38(37)49(42)26-33)43(51)46-56(53,54)27(2)3/h16-19,22-24,27-28,30,34H,7-15,20-21,25-26H2,1-6H3,(H,46,51). The molecule has 2 amide bonds. The predicted molar refractivity (Wildman–Crippen MR) is 222 cm³/mol. The van der Waals surface area contributed by atoms with E-state index < -0.39 is 21.2 Å². The first-order chi connectivity index (χ1) is 26.9. The Morgan fingerprint density at radius 1 is 0.982 bits per heavy atom. The second-order valence-corrected chi connectivity index (χ2v) is 18.9. The van der Waals surface area contributed by atoms with Crippen LogP contribution in [0.3, 0.4) is 0 Å². The fraction of sp³-hybridized carbons (Fsp3) is 0.523. The maximum Gasteiger partial charge on any atom is 0.264 e. The van der Waals surface area contributed by atoms with Crippen molar-refractivity contribution in [3.05, 3.63) is 70.0 Å². The van der Waals surface area contributed by atoms with E-state index >= 15 is 0 Å². The summed E-state index contributed by atoms with van der Waals surface area (Å²) < 4.78 is 38.2. The first kappa shape index (κ1) is 38.5. The summed E-state index contributed by atoms with van der Waals surface area (Å²) in [7, 11) is -2.15. The first-order valence-corrected chi connectivity index (χ1v) is 22.2. The largest absolute Gasteiger partial charge is 0.497 e. The van der Waals surface area contributed by atoms with Gasteiger partial charge in [0, 0.05) is 47.7 Å². The number of benzene rings is 2. The van der Waals surface area contributed by atoms with E-state index in [4.69, 9.17) is 9.84 Å². The molecule has 0 radical (unpaired) electrons. The van der Waals surface area contributed by atoms with E-state index in [2.05, 4.69) is 50.9 Å². The number of hydrogen-bond donors (Lipinski definition) is 1. The topological polar surface area (TPSA) is 119 Å². The van der Waals surface area contributed by atoms with Crippen molar-refractivity contribution in [3.63, 3.8) is 0 Å². The molecule has 0 spiro atoms. The minimum Gasteiger partial charge on any atom is -0.497 e. The van der Waals surface area contributed by atoms with Gasteiger partial charge in [-0.1, -0.05) is 32.3 Å². The number of nitrogens with zero attached hydrogens (tertiary/aromatic N) is 5. The van der Waals surface area contributed by atoms with Gasteiger partial charge in [0.25, 0.3) is 11.8 Å². The minimum absolute atomic E-state index is 0.0214. The second-order valence-electron chi connectivity index (χ2n) is 16.6. The van der Waals surface area contributed by atoms with Crippen molar-refractivity contribution >= 4 is 44.4 Å². The highest BCUT2D eigenvalue weighted by molar-refractivity contribution is 7.90. The summed E-state index contributed by atoms with van der Waals surface area (Å²) in [4.78, 5) is 33.0. The SMILES string of the molecule is CCN1CCN(C(=O)c2c(C)nn(C3CCC3)c2C2=Cc3cc(OC)ccc3-c3c(C4CCCCC4)c4ccc(C(=O)NS(=O)(=O)C(C)C)cc4n3C2)C(C)C1. The third kappa shape index (κ3) is 6.76. The third-order valence-corrected chi connectivity index (χ3v) is 14.6. The molecule has 2 aromatic heterocycles. The van der Waals surface area contributed by atoms with Gasteiger partial charge in [-0.25, -0.2) is 13.1 Å². The lowest BCUT2D eigenvalue weighted by Gasteiger charge is -2.39. The van der Waals surface area contributed by atoms with E-state index in [1.807, 2.05) is 30.0 Å². The van der Waals surface area contributed by atoms with E-state index in [1.54, 1.807) is 27.0 Å². The van der Waals surface area contributed by atoms with Gasteiger partial charge in [0.1, 0.15) is 5.75 Å². The molecule has 11 nitrogen and oxygen atoms in total. The van der Waals surface area contributed by atoms with Crippen LogP contribution in [0.5, 0.6) is 5.75 Å². The van der Waals surface area contributed by atoms with Crippen molar-refractivity contribution in [2.24, 2.45) is 0 Å². The van der Waals surface area contributed by atoms with E-state index in [1.165, 1.54) is 12.0 Å². The Morgan fingerprint density at radius 3 is 2.41 bits per heavy atom. The van der Waals surface area contributed by atoms with Crippen LogP contribution in [-0.2, 0) is 16.6 Å². The molecule has 2 aliphatic heterocycles. The average molecular weight is 781 g/mol. The predicted octanol–water partition coefficient (Wildman–Crippen LogP) is 7.78. The van der Waals surface area contributed by atoms with Crippen molar-refractivity contribution in [1.82, 2.24) is 28.9 Å². The van der Waals surface area contributed by atoms with Crippen LogP contribution >= 0.6 is 0 Å². The van der Waals surface area contributed by atoms with Crippen LogP contribution < -0.4 is 9.46 Å². The number of nitrogens with one attached hydrogen (secondary N) is 1. The fourth-order valence-electron chi connectivity index (χ4n) is 9.40. The van der Waals surface area contributed by atoms with Crippen molar-refractivity contribution in [3.8, 4) is 17.0 Å². The average Bonchev–Trinajstić information content (AvgIpc) is 3.60. The zero-order chi connectivity index (χ0) is 39.5. The molecule has 1 atom stereocenters. The molecule has 4 aromatic rings. The Morgan fingerprint density at radius 2 is 1.75 bits per heavy atom. The molecule has 1 saturated heterocycles. The molecule has 2 aliphatic carbocycles. The number of methoxy groups -OCH3 is 1. The highest BCUT2D eigenvalue weighted by Crippen LogP contribution is 2.49. The van der Waals surface area contributed by atoms with E-state index in [0.29, 0.717) is 24.6 Å². The maximum absolute atomic E-state index is 14.9. The Bertz CT molecular complexity index is 2330. The lowest BCUT2D eigenvalue weighted by molar-refractivity contribution is 0.0498. The molecular formula is C44H56N6O5S. The molecule has 2 saturated carbocycles. The van der Waals surface area contributed by atoms with Crippen LogP contribution in [0.15, 0.2) is 36.4 Å². The molecule has 3 fully saturated rings. The molecule has 2 aromatic carbocycles. The molecule has 298 valence electrons. The van der Waals surface area contributed by atoms with Gasteiger partial charge in [0.15, 0.2) is 0 Å². The number of hydrogen-bond acceptors (Lipinski definition) is 7. The Hall–Kier alpha value is -4.42. The van der Waals surface area contributed by atoms with Crippen LogP contribution in [0.4, 0.5) is 0 Å². The molecule has 8 rings (SSSR count). The highest BCUT2D eigenvalue weighted by atomic mass is 32.2. The lowest BCUT2D eigenvalue weighted by atomic mass is 9.81. The zero-order valence-corrected chi connectivity index (χ0v) is 34.5. The summed E-state index contributed by atoms with van der Waals surface area (Å²) in [6.45, 7) is 13.1. The number of rotatable bonds is 9. The number of fused-ring (bicyclic) bond motifs is 5. The van der Waals surface area contributed by atoms with Gasteiger partial charge in [0.05, 0.1) is 47.6 Å². The van der Waals surface area contributed by atoms with Crippen LogP contribution in [0.1, 0.15) is 134 Å². The minimum atomic E-state index is -3.84. The van der Waals surface area contributed by atoms with Gasteiger partial charge < -0.3 is 14.2 Å². The van der Waals surface area contributed by atoms with E-state index in [-0.39, 0.29) is 23.6 Å². The summed E-state index contributed by atoms with van der Waals surface area (Å²) in [6.07, 6.45) is 11.0. The van der Waals surface area contributed by atoms with Crippen LogP contribution in [0, 0.1) is 6.92 Å². The van der Waals surface area contributed by atoms with Gasteiger partial charge in [-0.15, -0.1) is 0 Å². The summed E-state index contributed by atoms with van der Waals surface area (Å²) in [5.41, 5.74) is 8.83. The number of sulfonamides is 1. The molecule has 56 heavy (non-hydrogen) atoms. The van der Waals surface area contributed by atoms with E-state index in [9.17, 15) is 18.0 Å². The van der Waals surface area contributed by atoms with E-state index in [0.717, 1.165) is 115 Å². The summed E-state index contributed by atoms with van der Waals surface area (Å²) >= 11 is 0. The van der Waals surface area contributed by atoms with Crippen LogP contribution in [0.25, 0.3) is 33.8 Å². The number of piperazine rings is 1. The van der Waals surface area contributed by atoms with Crippen LogP contribution in [0.2, 0.25) is 0 Å². The van der Waals surface area contributed by atoms with Crippen molar-refractivity contribution < 1.29 is 22.7 Å². The molecular weight excluding hydrogens is 725 g/mol. The molecule has 4 aliphatic rings. The number of carbonyl (C=O) groups is 2. The smallest absolute Gasteiger partial charge is 0.264 e. The molecule has 0 bridgehead atoms. The first-order valence-electron chi connectivity index (χ1n) is 20.6. The number of ether oxygens (including phenoxy) is 1. The highest BCUT2D eigenvalue weighted by Gasteiger charge is 2.37. The molecule has 12 heteroatoms. The number of allylic oxidation sites excluding steroid dienone is 1. The fourth-order valence-corrected chi connectivity index (χ4v) is 10.0. The second kappa shape index (κ2) is 15.2. The normalized spacial score (nSPS) is 19.7. The van der Waals surface area contributed by atoms with Gasteiger partial charge >= 0.3 is 0 Å². The quantitative estimate of drug-likeness (QED) is 0.184. The lowest BCUT2D eigenvalue weighted by Crippen LogP contribution is -2.54. The number of aromatic nitrogens is 3. The number of likely N-dealkylation sites (N-methyl/N-ethyl adjacent to an activating group) is 1. The van der Waals surface area contributed by atoms with Gasteiger partial charge in [-0.3, -0.25) is 19.2 Å². The monoisotopic (exact) mass is 780 g/mol. The van der Waals surface area contributed by atoms with Gasteiger partial charge in [-0.05, 0) is 125 Å². The zero-order valence-electron chi connectivity index (χ0n) is 33.7. The van der Waals surface area contributed by atoms with Crippen molar-refractivity contribution in [2.45, 2.75) is 116 Å². The van der Waals surface area contributed by atoms with Crippen molar-refractivity contribution in [2.75, 3.05) is 33.3 Å². The number of amides is 2. The summed E-state index contributed by atoms with van der Waals surface area (Å²) in [5.74, 6) is 0.445. The third-order valence-electron chi connectivity index (χ3n) is 12.9. The molecule has 1 unspecified atom stereocenters. The number of carbonyl (C=O) groups excluding carboxylic acids is 2. The van der Waals surface area contributed by atoms with Gasteiger partial charge in [0.2, 0.25) is 10.0 Å². The Labute approximate surface area is 331 Å². The summed E-state index contributed by atoms with van der Waals surface area (Å²) in [6, 6.07) is 12.1. The molecule has 4 heterocycles. The Balaban J connectivity index is 1.35. The molecule has 1 N–H and O–H groups in total. The maximum atomic E-state index is 14.9. The Kier molecular flexibility index (Phi) is 10.4.